The number of hydrogen-bond donors (Lipinski definition) is 3. The molecule has 0 radical (unpaired) electrons. The molecule has 1 heterocycles. The van der Waals surface area contributed by atoms with E-state index in [-0.39, 0.29) is 13.2 Å². The molecular formula is C16H22FN3OS. The van der Waals surface area contributed by atoms with Crippen molar-refractivity contribution in [3.63, 3.8) is 0 Å². The molecular weight excluding hydrogens is 301 g/mol. The first kappa shape index (κ1) is 16.7. The highest BCUT2D eigenvalue weighted by molar-refractivity contribution is 7.19. The number of aliphatic hydroxyl groups is 1. The van der Waals surface area contributed by atoms with Gasteiger partial charge in [0.15, 0.2) is 5.96 Å². The molecule has 1 atom stereocenters. The maximum absolute atomic E-state index is 12.1. The molecule has 6 heteroatoms. The van der Waals surface area contributed by atoms with Crippen LogP contribution in [-0.4, -0.2) is 37.4 Å². The van der Waals surface area contributed by atoms with E-state index in [1.807, 2.05) is 37.3 Å². The van der Waals surface area contributed by atoms with Crippen LogP contribution in [0.1, 0.15) is 24.3 Å². The molecule has 2 rings (SSSR count). The van der Waals surface area contributed by atoms with Gasteiger partial charge in [-0.3, -0.25) is 9.38 Å². The molecule has 4 nitrogen and oxygen atoms in total. The second-order valence-electron chi connectivity index (χ2n) is 4.89. The average molecular weight is 323 g/mol. The third-order valence-corrected chi connectivity index (χ3v) is 4.36. The van der Waals surface area contributed by atoms with Gasteiger partial charge in [0.1, 0.15) is 6.10 Å². The molecule has 1 aromatic heterocycles. The van der Waals surface area contributed by atoms with E-state index in [2.05, 4.69) is 15.6 Å². The van der Waals surface area contributed by atoms with Gasteiger partial charge in [-0.1, -0.05) is 18.2 Å². The van der Waals surface area contributed by atoms with Crippen molar-refractivity contribution in [3.05, 3.63) is 35.2 Å². The van der Waals surface area contributed by atoms with E-state index in [4.69, 9.17) is 0 Å². The molecule has 0 amide bonds. The maximum Gasteiger partial charge on any atom is 0.191 e. The summed E-state index contributed by atoms with van der Waals surface area (Å²) in [7, 11) is 0. The quantitative estimate of drug-likeness (QED) is 0.417. The Morgan fingerprint density at radius 2 is 2.18 bits per heavy atom. The van der Waals surface area contributed by atoms with Gasteiger partial charge in [-0.2, -0.15) is 0 Å². The first-order valence-electron chi connectivity index (χ1n) is 7.49. The molecule has 0 aliphatic rings. The standard InChI is InChI=1S/C16H22FN3OS/c1-2-18-16(19-9-5-8-17)20-11-13(21)15-10-12-6-3-4-7-14(12)22-15/h3-4,6-7,10,13,21H,2,5,8-9,11H2,1H3,(H2,18,19,20). The fourth-order valence-corrected chi connectivity index (χ4v) is 3.09. The summed E-state index contributed by atoms with van der Waals surface area (Å²) in [5, 5.41) is 17.6. The van der Waals surface area contributed by atoms with Gasteiger partial charge in [-0.05, 0) is 30.9 Å². The number of halogens is 1. The number of fused-ring (bicyclic) bond motifs is 1. The van der Waals surface area contributed by atoms with Crippen molar-refractivity contribution in [1.29, 1.82) is 0 Å². The van der Waals surface area contributed by atoms with Crippen molar-refractivity contribution in [2.24, 2.45) is 4.99 Å². The lowest BCUT2D eigenvalue weighted by molar-refractivity contribution is 0.191. The van der Waals surface area contributed by atoms with Crippen molar-refractivity contribution in [1.82, 2.24) is 10.6 Å². The number of hydrogen-bond acceptors (Lipinski definition) is 3. The largest absolute Gasteiger partial charge is 0.386 e. The predicted molar refractivity (Wildman–Crippen MR) is 91.4 cm³/mol. The normalized spacial score (nSPS) is 13.3. The minimum Gasteiger partial charge on any atom is -0.386 e. The van der Waals surface area contributed by atoms with Crippen LogP contribution in [0.5, 0.6) is 0 Å². The summed E-state index contributed by atoms with van der Waals surface area (Å²) in [5.74, 6) is 0.608. The summed E-state index contributed by atoms with van der Waals surface area (Å²) >= 11 is 1.58. The molecule has 22 heavy (non-hydrogen) atoms. The van der Waals surface area contributed by atoms with Crippen LogP contribution in [-0.2, 0) is 0 Å². The Morgan fingerprint density at radius 3 is 2.91 bits per heavy atom. The van der Waals surface area contributed by atoms with Crippen molar-refractivity contribution in [2.45, 2.75) is 19.4 Å². The molecule has 120 valence electrons. The summed E-state index contributed by atoms with van der Waals surface area (Å²) in [6.07, 6.45) is -0.183. The van der Waals surface area contributed by atoms with Crippen molar-refractivity contribution in [3.8, 4) is 0 Å². The van der Waals surface area contributed by atoms with Crippen LogP contribution in [0.2, 0.25) is 0 Å². The van der Waals surface area contributed by atoms with Crippen LogP contribution in [0.4, 0.5) is 4.39 Å². The van der Waals surface area contributed by atoms with Gasteiger partial charge in [0.2, 0.25) is 0 Å². The van der Waals surface area contributed by atoms with Crippen molar-refractivity contribution in [2.75, 3.05) is 26.3 Å². The Bertz CT molecular complexity index is 581. The molecule has 2 aromatic rings. The SMILES string of the molecule is CCNC(=NCC(O)c1cc2ccccc2s1)NCCCF. The molecule has 0 aliphatic carbocycles. The van der Waals surface area contributed by atoms with Gasteiger partial charge in [0.25, 0.3) is 0 Å². The highest BCUT2D eigenvalue weighted by atomic mass is 32.1. The van der Waals surface area contributed by atoms with E-state index < -0.39 is 6.10 Å². The van der Waals surface area contributed by atoms with Gasteiger partial charge in [-0.15, -0.1) is 11.3 Å². The third kappa shape index (κ3) is 4.68. The molecule has 1 unspecified atom stereocenters. The first-order chi connectivity index (χ1) is 10.7. The van der Waals surface area contributed by atoms with Gasteiger partial charge >= 0.3 is 0 Å². The molecule has 0 saturated carbocycles. The molecule has 0 saturated heterocycles. The second kappa shape index (κ2) is 8.70. The highest BCUT2D eigenvalue weighted by Crippen LogP contribution is 2.29. The monoisotopic (exact) mass is 323 g/mol. The molecule has 0 spiro atoms. The van der Waals surface area contributed by atoms with E-state index in [1.54, 1.807) is 11.3 Å². The smallest absolute Gasteiger partial charge is 0.191 e. The summed E-state index contributed by atoms with van der Waals surface area (Å²) in [6, 6.07) is 10.1. The fraction of sp³-hybridized carbons (Fsp3) is 0.438. The third-order valence-electron chi connectivity index (χ3n) is 3.14. The molecule has 3 N–H and O–H groups in total. The van der Waals surface area contributed by atoms with Gasteiger partial charge < -0.3 is 15.7 Å². The minimum atomic E-state index is -0.631. The number of nitrogens with one attached hydrogen (secondary N) is 2. The zero-order chi connectivity index (χ0) is 15.8. The topological polar surface area (TPSA) is 56.7 Å². The summed E-state index contributed by atoms with van der Waals surface area (Å²) < 4.78 is 13.3. The van der Waals surface area contributed by atoms with Gasteiger partial charge in [-0.25, -0.2) is 0 Å². The Balaban J connectivity index is 1.98. The lowest BCUT2D eigenvalue weighted by atomic mass is 10.2. The second-order valence-corrected chi connectivity index (χ2v) is 6.01. The Hall–Kier alpha value is -1.66. The number of aliphatic hydroxyl groups excluding tert-OH is 1. The minimum absolute atomic E-state index is 0.276. The lowest BCUT2D eigenvalue weighted by Crippen LogP contribution is -2.38. The number of guanidine groups is 1. The number of alkyl halides is 1. The summed E-state index contributed by atoms with van der Waals surface area (Å²) in [4.78, 5) is 5.27. The van der Waals surface area contributed by atoms with E-state index in [0.717, 1.165) is 21.5 Å². The molecule has 1 aromatic carbocycles. The predicted octanol–water partition coefficient (Wildman–Crippen LogP) is 2.85. The first-order valence-corrected chi connectivity index (χ1v) is 8.31. The van der Waals surface area contributed by atoms with Crippen LogP contribution < -0.4 is 10.6 Å². The Morgan fingerprint density at radius 1 is 1.36 bits per heavy atom. The van der Waals surface area contributed by atoms with E-state index in [9.17, 15) is 9.50 Å². The molecule has 0 aliphatic heterocycles. The summed E-state index contributed by atoms with van der Waals surface area (Å²) in [6.45, 7) is 3.14. The van der Waals surface area contributed by atoms with Crippen LogP contribution in [0.15, 0.2) is 35.3 Å². The van der Waals surface area contributed by atoms with E-state index in [1.165, 1.54) is 0 Å². The molecule has 0 fully saturated rings. The van der Waals surface area contributed by atoms with E-state index in [0.29, 0.717) is 18.9 Å². The number of aliphatic imine (C=N–C) groups is 1. The Labute approximate surface area is 134 Å². The molecule has 0 bridgehead atoms. The number of nitrogens with zero attached hydrogens (tertiary/aromatic N) is 1. The zero-order valence-electron chi connectivity index (χ0n) is 12.7. The Kier molecular flexibility index (Phi) is 6.61. The van der Waals surface area contributed by atoms with Gasteiger partial charge in [0, 0.05) is 22.7 Å². The fourth-order valence-electron chi connectivity index (χ4n) is 2.05. The van der Waals surface area contributed by atoms with Crippen LogP contribution in [0.3, 0.4) is 0 Å². The number of rotatable bonds is 7. The average Bonchev–Trinajstić information content (AvgIpc) is 2.96. The maximum atomic E-state index is 12.1. The summed E-state index contributed by atoms with van der Waals surface area (Å²) in [5.41, 5.74) is 0. The van der Waals surface area contributed by atoms with Crippen LogP contribution >= 0.6 is 11.3 Å². The van der Waals surface area contributed by atoms with Gasteiger partial charge in [0.05, 0.1) is 13.2 Å². The van der Waals surface area contributed by atoms with Crippen LogP contribution in [0, 0.1) is 0 Å². The lowest BCUT2D eigenvalue weighted by Gasteiger charge is -2.12. The van der Waals surface area contributed by atoms with E-state index >= 15 is 0 Å². The van der Waals surface area contributed by atoms with Crippen molar-refractivity contribution >= 4 is 27.4 Å². The zero-order valence-corrected chi connectivity index (χ0v) is 13.5. The number of thiophene rings is 1. The number of benzene rings is 1. The highest BCUT2D eigenvalue weighted by Gasteiger charge is 2.11. The van der Waals surface area contributed by atoms with Crippen molar-refractivity contribution < 1.29 is 9.50 Å². The van der Waals surface area contributed by atoms with Crippen LogP contribution in [0.25, 0.3) is 10.1 Å².